The van der Waals surface area contributed by atoms with Gasteiger partial charge in [-0.2, -0.15) is 0 Å². The minimum atomic E-state index is -4.72. The Bertz CT molecular complexity index is 734. The lowest BCUT2D eigenvalue weighted by Gasteiger charge is -2.30. The molecule has 2 heterocycles. The first-order chi connectivity index (χ1) is 11.8. The molecule has 25 heavy (non-hydrogen) atoms. The number of anilines is 1. The highest BCUT2D eigenvalue weighted by molar-refractivity contribution is 5.63. The molecule has 8 heteroatoms. The van der Waals surface area contributed by atoms with Gasteiger partial charge in [0.25, 0.3) is 0 Å². The molecule has 0 unspecified atom stereocenters. The van der Waals surface area contributed by atoms with E-state index >= 15 is 0 Å². The highest BCUT2D eigenvalue weighted by atomic mass is 19.4. The van der Waals surface area contributed by atoms with Gasteiger partial charge >= 0.3 is 6.36 Å². The Morgan fingerprint density at radius 2 is 1.88 bits per heavy atom. The van der Waals surface area contributed by atoms with Gasteiger partial charge in [-0.25, -0.2) is 14.4 Å². The summed E-state index contributed by atoms with van der Waals surface area (Å²) >= 11 is 0. The van der Waals surface area contributed by atoms with Crippen molar-refractivity contribution in [3.8, 4) is 17.0 Å². The van der Waals surface area contributed by atoms with Crippen LogP contribution in [-0.4, -0.2) is 35.6 Å². The second-order valence-corrected chi connectivity index (χ2v) is 5.92. The van der Waals surface area contributed by atoms with Crippen molar-refractivity contribution in [3.05, 3.63) is 36.2 Å². The SMILES string of the molecule is Cc1nc(-c2ccc(OC(F)(F)F)cc2)cc(N2CCC[C@@H](F)C2)n1. The van der Waals surface area contributed by atoms with Crippen LogP contribution >= 0.6 is 0 Å². The second-order valence-electron chi connectivity index (χ2n) is 5.92. The Morgan fingerprint density at radius 1 is 1.16 bits per heavy atom. The maximum absolute atomic E-state index is 13.6. The van der Waals surface area contributed by atoms with Crippen molar-refractivity contribution in [1.29, 1.82) is 0 Å². The van der Waals surface area contributed by atoms with Gasteiger partial charge in [-0.1, -0.05) is 0 Å². The Labute approximate surface area is 142 Å². The van der Waals surface area contributed by atoms with Crippen LogP contribution in [0.15, 0.2) is 30.3 Å². The summed E-state index contributed by atoms with van der Waals surface area (Å²) in [6, 6.07) is 7.20. The number of benzene rings is 1. The van der Waals surface area contributed by atoms with E-state index in [0.717, 1.165) is 6.42 Å². The summed E-state index contributed by atoms with van der Waals surface area (Å²) in [6.45, 7) is 2.73. The molecule has 0 bridgehead atoms. The predicted molar refractivity (Wildman–Crippen MR) is 85.2 cm³/mol. The van der Waals surface area contributed by atoms with Crippen molar-refractivity contribution >= 4 is 5.82 Å². The van der Waals surface area contributed by atoms with Gasteiger partial charge in [-0.15, -0.1) is 13.2 Å². The van der Waals surface area contributed by atoms with Crippen molar-refractivity contribution < 1.29 is 22.3 Å². The zero-order valence-corrected chi connectivity index (χ0v) is 13.6. The van der Waals surface area contributed by atoms with E-state index in [4.69, 9.17) is 0 Å². The molecule has 0 radical (unpaired) electrons. The third-order valence-electron chi connectivity index (χ3n) is 3.90. The summed E-state index contributed by atoms with van der Waals surface area (Å²) in [7, 11) is 0. The molecule has 1 aromatic carbocycles. The highest BCUT2D eigenvalue weighted by Crippen LogP contribution is 2.28. The fraction of sp³-hybridized carbons (Fsp3) is 0.412. The van der Waals surface area contributed by atoms with Crippen LogP contribution in [0.2, 0.25) is 0 Å². The maximum Gasteiger partial charge on any atom is 0.573 e. The number of ether oxygens (including phenoxy) is 1. The Hall–Kier alpha value is -2.38. The molecule has 1 aliphatic rings. The van der Waals surface area contributed by atoms with Crippen molar-refractivity contribution in [3.63, 3.8) is 0 Å². The highest BCUT2D eigenvalue weighted by Gasteiger charge is 2.31. The van der Waals surface area contributed by atoms with Crippen molar-refractivity contribution in [1.82, 2.24) is 9.97 Å². The number of aromatic nitrogens is 2. The fourth-order valence-corrected chi connectivity index (χ4v) is 2.82. The summed E-state index contributed by atoms with van der Waals surface area (Å²) in [5.41, 5.74) is 1.21. The van der Waals surface area contributed by atoms with Crippen LogP contribution in [0, 0.1) is 6.92 Å². The Balaban J connectivity index is 1.84. The van der Waals surface area contributed by atoms with Gasteiger partial charge in [0.15, 0.2) is 0 Å². The lowest BCUT2D eigenvalue weighted by Crippen LogP contribution is -2.37. The molecule has 0 spiro atoms. The molecule has 1 saturated heterocycles. The molecule has 0 saturated carbocycles. The summed E-state index contributed by atoms with van der Waals surface area (Å²) in [5, 5.41) is 0. The fourth-order valence-electron chi connectivity index (χ4n) is 2.82. The molecular formula is C17H17F4N3O. The molecule has 1 fully saturated rings. The molecule has 4 nitrogen and oxygen atoms in total. The van der Waals surface area contributed by atoms with Crippen molar-refractivity contribution in [2.45, 2.75) is 32.3 Å². The average Bonchev–Trinajstić information content (AvgIpc) is 2.53. The molecular weight excluding hydrogens is 338 g/mol. The molecule has 134 valence electrons. The molecule has 0 amide bonds. The van der Waals surface area contributed by atoms with Gasteiger partial charge in [0, 0.05) is 18.2 Å². The molecule has 1 aliphatic heterocycles. The third kappa shape index (κ3) is 4.58. The molecule has 0 aliphatic carbocycles. The standard InChI is InChI=1S/C17H17F4N3O/c1-11-22-15(9-16(23-11)24-8-2-3-13(18)10-24)12-4-6-14(7-5-12)25-17(19,20)21/h4-7,9,13H,2-3,8,10H2,1H3/t13-/m1/s1. The first-order valence-corrected chi connectivity index (χ1v) is 7.91. The van der Waals surface area contributed by atoms with Gasteiger partial charge in [-0.05, 0) is 44.0 Å². The van der Waals surface area contributed by atoms with Crippen LogP contribution in [-0.2, 0) is 0 Å². The molecule has 1 aromatic heterocycles. The number of aryl methyl sites for hydroxylation is 1. The van der Waals surface area contributed by atoms with E-state index in [-0.39, 0.29) is 12.3 Å². The van der Waals surface area contributed by atoms with Crippen molar-refractivity contribution in [2.24, 2.45) is 0 Å². The first kappa shape index (κ1) is 17.4. The largest absolute Gasteiger partial charge is 0.573 e. The number of alkyl halides is 4. The molecule has 1 atom stereocenters. The number of hydrogen-bond donors (Lipinski definition) is 0. The van der Waals surface area contributed by atoms with E-state index in [9.17, 15) is 17.6 Å². The minimum Gasteiger partial charge on any atom is -0.406 e. The smallest absolute Gasteiger partial charge is 0.406 e. The van der Waals surface area contributed by atoms with E-state index in [0.29, 0.717) is 35.9 Å². The summed E-state index contributed by atoms with van der Waals surface area (Å²) in [5.74, 6) is 0.850. The predicted octanol–water partition coefficient (Wildman–Crippen LogP) is 4.29. The van der Waals surface area contributed by atoms with Gasteiger partial charge < -0.3 is 9.64 Å². The number of hydrogen-bond acceptors (Lipinski definition) is 4. The van der Waals surface area contributed by atoms with Gasteiger partial charge in [-0.3, -0.25) is 0 Å². The second kappa shape index (κ2) is 6.85. The monoisotopic (exact) mass is 355 g/mol. The number of halogens is 4. The number of nitrogens with zero attached hydrogens (tertiary/aromatic N) is 3. The average molecular weight is 355 g/mol. The molecule has 2 aromatic rings. The maximum atomic E-state index is 13.6. The van der Waals surface area contributed by atoms with E-state index in [1.54, 1.807) is 13.0 Å². The van der Waals surface area contributed by atoms with E-state index < -0.39 is 12.5 Å². The van der Waals surface area contributed by atoms with Crippen LogP contribution in [0.1, 0.15) is 18.7 Å². The topological polar surface area (TPSA) is 38.2 Å². The zero-order valence-electron chi connectivity index (χ0n) is 13.6. The van der Waals surface area contributed by atoms with Crippen molar-refractivity contribution in [2.75, 3.05) is 18.0 Å². The van der Waals surface area contributed by atoms with Gasteiger partial charge in [0.05, 0.1) is 12.2 Å². The van der Waals surface area contributed by atoms with Crippen LogP contribution in [0.25, 0.3) is 11.3 Å². The lowest BCUT2D eigenvalue weighted by atomic mass is 10.1. The van der Waals surface area contributed by atoms with Crippen LogP contribution in [0.3, 0.4) is 0 Å². The van der Waals surface area contributed by atoms with Crippen LogP contribution in [0.4, 0.5) is 23.4 Å². The lowest BCUT2D eigenvalue weighted by molar-refractivity contribution is -0.274. The third-order valence-corrected chi connectivity index (χ3v) is 3.90. The Kier molecular flexibility index (Phi) is 4.78. The van der Waals surface area contributed by atoms with Crippen LogP contribution < -0.4 is 9.64 Å². The normalized spacial score (nSPS) is 18.3. The summed E-state index contributed by atoms with van der Waals surface area (Å²) < 4.78 is 54.2. The number of rotatable bonds is 3. The van der Waals surface area contributed by atoms with E-state index in [1.165, 1.54) is 24.3 Å². The minimum absolute atomic E-state index is 0.286. The van der Waals surface area contributed by atoms with E-state index in [2.05, 4.69) is 14.7 Å². The first-order valence-electron chi connectivity index (χ1n) is 7.91. The zero-order chi connectivity index (χ0) is 18.0. The summed E-state index contributed by atoms with van der Waals surface area (Å²) in [6.07, 6.45) is -4.31. The molecule has 3 rings (SSSR count). The summed E-state index contributed by atoms with van der Waals surface area (Å²) in [4.78, 5) is 10.6. The number of piperidine rings is 1. The molecule has 0 N–H and O–H groups in total. The van der Waals surface area contributed by atoms with Gasteiger partial charge in [0.1, 0.15) is 23.6 Å². The Morgan fingerprint density at radius 3 is 2.52 bits per heavy atom. The van der Waals surface area contributed by atoms with E-state index in [1.807, 2.05) is 4.90 Å². The quantitative estimate of drug-likeness (QED) is 0.770. The van der Waals surface area contributed by atoms with Gasteiger partial charge in [0.2, 0.25) is 0 Å². The van der Waals surface area contributed by atoms with Crippen LogP contribution in [0.5, 0.6) is 5.75 Å².